The van der Waals surface area contributed by atoms with Crippen molar-refractivity contribution in [2.45, 2.75) is 6.42 Å². The molecule has 1 rings (SSSR count). The van der Waals surface area contributed by atoms with E-state index < -0.39 is 0 Å². The summed E-state index contributed by atoms with van der Waals surface area (Å²) in [6, 6.07) is 4.83. The van der Waals surface area contributed by atoms with Crippen molar-refractivity contribution < 1.29 is 19.1 Å². The normalized spacial score (nSPS) is 10.0. The van der Waals surface area contributed by atoms with Gasteiger partial charge in [0.25, 0.3) is 5.91 Å². The molecule has 0 saturated carbocycles. The Hall–Kier alpha value is -1.59. The minimum Gasteiger partial charge on any atom is -0.483 e. The largest absolute Gasteiger partial charge is 0.483 e. The van der Waals surface area contributed by atoms with Gasteiger partial charge in [-0.15, -0.1) is 0 Å². The molecule has 0 aliphatic carbocycles. The third-order valence-corrected chi connectivity index (χ3v) is 2.67. The van der Waals surface area contributed by atoms with E-state index in [1.807, 2.05) is 0 Å². The number of carbonyl (C=O) groups is 2. The monoisotopic (exact) mass is 285 g/mol. The standard InChI is InChI=1S/C13H16ClNO4/c1-18-7-3-6-15-13(17)9-19-12-5-2-4-11(14)10(12)8-16/h2,4-5,8H,3,6-7,9H2,1H3,(H,15,17). The van der Waals surface area contributed by atoms with Gasteiger partial charge in [-0.05, 0) is 18.6 Å². The lowest BCUT2D eigenvalue weighted by Gasteiger charge is -2.09. The quantitative estimate of drug-likeness (QED) is 0.583. The van der Waals surface area contributed by atoms with E-state index in [2.05, 4.69) is 5.32 Å². The van der Waals surface area contributed by atoms with Gasteiger partial charge in [0.05, 0.1) is 10.6 Å². The van der Waals surface area contributed by atoms with Crippen LogP contribution in [0, 0.1) is 0 Å². The van der Waals surface area contributed by atoms with E-state index in [0.29, 0.717) is 30.2 Å². The van der Waals surface area contributed by atoms with Crippen molar-refractivity contribution in [1.82, 2.24) is 5.32 Å². The molecule has 0 spiro atoms. The van der Waals surface area contributed by atoms with Crippen LogP contribution in [0.2, 0.25) is 5.02 Å². The van der Waals surface area contributed by atoms with Crippen LogP contribution in [0.15, 0.2) is 18.2 Å². The molecule has 6 heteroatoms. The van der Waals surface area contributed by atoms with Crippen LogP contribution in [0.1, 0.15) is 16.8 Å². The summed E-state index contributed by atoms with van der Waals surface area (Å²) in [6.45, 7) is 0.949. The Morgan fingerprint density at radius 2 is 2.26 bits per heavy atom. The van der Waals surface area contributed by atoms with Crippen molar-refractivity contribution in [3.05, 3.63) is 28.8 Å². The van der Waals surface area contributed by atoms with Crippen molar-refractivity contribution in [2.75, 3.05) is 26.9 Å². The number of hydrogen-bond donors (Lipinski definition) is 1. The van der Waals surface area contributed by atoms with Crippen LogP contribution < -0.4 is 10.1 Å². The molecular formula is C13H16ClNO4. The van der Waals surface area contributed by atoms with E-state index in [-0.39, 0.29) is 18.1 Å². The fourth-order valence-electron chi connectivity index (χ4n) is 1.40. The Morgan fingerprint density at radius 1 is 1.47 bits per heavy atom. The lowest BCUT2D eigenvalue weighted by atomic mass is 10.2. The molecule has 1 aromatic carbocycles. The fourth-order valence-corrected chi connectivity index (χ4v) is 1.61. The Kier molecular flexibility index (Phi) is 6.92. The summed E-state index contributed by atoms with van der Waals surface area (Å²) in [6.07, 6.45) is 1.34. The minimum absolute atomic E-state index is 0.159. The minimum atomic E-state index is -0.257. The van der Waals surface area contributed by atoms with E-state index >= 15 is 0 Å². The van der Waals surface area contributed by atoms with Crippen LogP contribution >= 0.6 is 11.6 Å². The van der Waals surface area contributed by atoms with E-state index in [0.717, 1.165) is 6.42 Å². The second-order valence-electron chi connectivity index (χ2n) is 3.75. The summed E-state index contributed by atoms with van der Waals surface area (Å²) in [4.78, 5) is 22.3. The first-order valence-corrected chi connectivity index (χ1v) is 6.19. The zero-order chi connectivity index (χ0) is 14.1. The first-order valence-electron chi connectivity index (χ1n) is 5.81. The van der Waals surface area contributed by atoms with Crippen LogP contribution in [0.5, 0.6) is 5.75 Å². The van der Waals surface area contributed by atoms with Gasteiger partial charge in [-0.1, -0.05) is 17.7 Å². The van der Waals surface area contributed by atoms with Gasteiger partial charge in [-0.3, -0.25) is 9.59 Å². The Balaban J connectivity index is 2.42. The molecule has 0 bridgehead atoms. The zero-order valence-electron chi connectivity index (χ0n) is 10.6. The maximum absolute atomic E-state index is 11.5. The van der Waals surface area contributed by atoms with E-state index in [1.54, 1.807) is 25.3 Å². The SMILES string of the molecule is COCCCNC(=O)COc1cccc(Cl)c1C=O. The summed E-state index contributed by atoms with van der Waals surface area (Å²) in [5.74, 6) is 0.0440. The van der Waals surface area contributed by atoms with Crippen LogP contribution in [-0.4, -0.2) is 39.1 Å². The number of hydrogen-bond acceptors (Lipinski definition) is 4. The molecule has 0 unspecified atom stereocenters. The lowest BCUT2D eigenvalue weighted by molar-refractivity contribution is -0.123. The number of methoxy groups -OCH3 is 1. The molecule has 1 N–H and O–H groups in total. The van der Waals surface area contributed by atoms with Gasteiger partial charge >= 0.3 is 0 Å². The third kappa shape index (κ3) is 5.28. The molecule has 0 radical (unpaired) electrons. The number of rotatable bonds is 8. The maximum Gasteiger partial charge on any atom is 0.257 e. The number of carbonyl (C=O) groups excluding carboxylic acids is 2. The van der Waals surface area contributed by atoms with Crippen LogP contribution in [0.3, 0.4) is 0 Å². The molecule has 1 amide bonds. The van der Waals surface area contributed by atoms with E-state index in [1.165, 1.54) is 0 Å². The van der Waals surface area contributed by atoms with E-state index in [9.17, 15) is 9.59 Å². The highest BCUT2D eigenvalue weighted by molar-refractivity contribution is 6.33. The molecule has 0 saturated heterocycles. The number of nitrogens with one attached hydrogen (secondary N) is 1. The molecule has 19 heavy (non-hydrogen) atoms. The summed E-state index contributed by atoms with van der Waals surface area (Å²) in [5, 5.41) is 2.97. The molecule has 104 valence electrons. The van der Waals surface area contributed by atoms with Gasteiger partial charge < -0.3 is 14.8 Å². The second-order valence-corrected chi connectivity index (χ2v) is 4.16. The summed E-state index contributed by atoms with van der Waals surface area (Å²) < 4.78 is 10.1. The molecule has 1 aromatic rings. The first kappa shape index (κ1) is 15.5. The highest BCUT2D eigenvalue weighted by Crippen LogP contribution is 2.24. The third-order valence-electron chi connectivity index (χ3n) is 2.34. The molecular weight excluding hydrogens is 270 g/mol. The van der Waals surface area contributed by atoms with Gasteiger partial charge in [0.1, 0.15) is 5.75 Å². The summed E-state index contributed by atoms with van der Waals surface area (Å²) in [7, 11) is 1.60. The number of halogens is 1. The van der Waals surface area contributed by atoms with Crippen molar-refractivity contribution in [3.8, 4) is 5.75 Å². The molecule has 0 aliphatic heterocycles. The van der Waals surface area contributed by atoms with Crippen molar-refractivity contribution in [3.63, 3.8) is 0 Å². The van der Waals surface area contributed by atoms with Gasteiger partial charge in [0, 0.05) is 20.3 Å². The molecule has 5 nitrogen and oxygen atoms in total. The van der Waals surface area contributed by atoms with Gasteiger partial charge in [0.15, 0.2) is 12.9 Å². The Bertz CT molecular complexity index is 437. The average molecular weight is 286 g/mol. The Labute approximate surface area is 116 Å². The molecule has 0 atom stereocenters. The fraction of sp³-hybridized carbons (Fsp3) is 0.385. The van der Waals surface area contributed by atoms with Crippen molar-refractivity contribution in [1.29, 1.82) is 0 Å². The Morgan fingerprint density at radius 3 is 2.95 bits per heavy atom. The van der Waals surface area contributed by atoms with Gasteiger partial charge in [0.2, 0.25) is 0 Å². The van der Waals surface area contributed by atoms with Gasteiger partial charge in [-0.25, -0.2) is 0 Å². The topological polar surface area (TPSA) is 64.6 Å². The first-order chi connectivity index (χ1) is 9.19. The number of amides is 1. The highest BCUT2D eigenvalue weighted by atomic mass is 35.5. The van der Waals surface area contributed by atoms with Crippen molar-refractivity contribution in [2.24, 2.45) is 0 Å². The second kappa shape index (κ2) is 8.50. The summed E-state index contributed by atoms with van der Waals surface area (Å²) >= 11 is 5.84. The molecule has 0 heterocycles. The number of aldehydes is 1. The molecule has 0 fully saturated rings. The van der Waals surface area contributed by atoms with Crippen LogP contribution in [0.25, 0.3) is 0 Å². The smallest absolute Gasteiger partial charge is 0.257 e. The maximum atomic E-state index is 11.5. The predicted molar refractivity (Wildman–Crippen MR) is 71.8 cm³/mol. The summed E-state index contributed by atoms with van der Waals surface area (Å²) in [5.41, 5.74) is 0.247. The molecule has 0 aromatic heterocycles. The van der Waals surface area contributed by atoms with Gasteiger partial charge in [-0.2, -0.15) is 0 Å². The van der Waals surface area contributed by atoms with Crippen LogP contribution in [-0.2, 0) is 9.53 Å². The van der Waals surface area contributed by atoms with Crippen LogP contribution in [0.4, 0.5) is 0 Å². The molecule has 0 aliphatic rings. The predicted octanol–water partition coefficient (Wildman–Crippen LogP) is 1.68. The number of ether oxygens (including phenoxy) is 2. The lowest BCUT2D eigenvalue weighted by Crippen LogP contribution is -2.30. The van der Waals surface area contributed by atoms with E-state index in [4.69, 9.17) is 21.1 Å². The number of benzene rings is 1. The highest BCUT2D eigenvalue weighted by Gasteiger charge is 2.09. The zero-order valence-corrected chi connectivity index (χ0v) is 11.4. The van der Waals surface area contributed by atoms with Crippen molar-refractivity contribution >= 4 is 23.8 Å². The average Bonchev–Trinajstić information content (AvgIpc) is 2.41.